The van der Waals surface area contributed by atoms with E-state index in [-0.39, 0.29) is 0 Å². The fraction of sp³-hybridized carbons (Fsp3) is 1.00. The van der Waals surface area contributed by atoms with E-state index in [9.17, 15) is 0 Å². The van der Waals surface area contributed by atoms with Crippen LogP contribution >= 0.6 is 0 Å². The van der Waals surface area contributed by atoms with Gasteiger partial charge in [-0.2, -0.15) is 8.42 Å². The van der Waals surface area contributed by atoms with Gasteiger partial charge in [-0.3, -0.25) is 9.11 Å². The summed E-state index contributed by atoms with van der Waals surface area (Å²) in [5.74, 6) is 0.924. The van der Waals surface area contributed by atoms with Crippen LogP contribution in [0.15, 0.2) is 0 Å². The first-order valence-electron chi connectivity index (χ1n) is 7.12. The Hall–Kier alpha value is -0.170. The van der Waals surface area contributed by atoms with Gasteiger partial charge < -0.3 is 5.11 Å². The molecule has 0 spiro atoms. The Kier molecular flexibility index (Phi) is 15.8. The van der Waals surface area contributed by atoms with Crippen molar-refractivity contribution in [1.82, 2.24) is 0 Å². The van der Waals surface area contributed by atoms with E-state index in [1.807, 2.05) is 0 Å². The maximum Gasteiger partial charge on any atom is 0.394 e. The fourth-order valence-corrected chi connectivity index (χ4v) is 1.83. The minimum Gasteiger partial charge on any atom is -0.396 e. The van der Waals surface area contributed by atoms with E-state index in [1.54, 1.807) is 0 Å². The molecule has 0 saturated carbocycles. The molecule has 1 atom stereocenters. The monoisotopic (exact) mass is 298 g/mol. The van der Waals surface area contributed by atoms with E-state index in [2.05, 4.69) is 13.8 Å². The molecule has 118 valence electrons. The molecule has 0 bridgehead atoms. The topological polar surface area (TPSA) is 94.8 Å². The maximum atomic E-state index is 8.74. The number of unbranched alkanes of at least 4 members (excludes halogenated alkanes) is 5. The van der Waals surface area contributed by atoms with Crippen molar-refractivity contribution in [1.29, 1.82) is 0 Å². The van der Waals surface area contributed by atoms with Crippen LogP contribution in [-0.4, -0.2) is 29.2 Å². The van der Waals surface area contributed by atoms with Gasteiger partial charge in [0.25, 0.3) is 0 Å². The van der Waals surface area contributed by atoms with Gasteiger partial charge in [0.15, 0.2) is 0 Å². The molecule has 0 rings (SSSR count). The minimum absolute atomic E-state index is 0.368. The van der Waals surface area contributed by atoms with Crippen LogP contribution < -0.4 is 0 Å². The molecule has 0 heterocycles. The summed E-state index contributed by atoms with van der Waals surface area (Å²) in [7, 11) is -4.67. The summed E-state index contributed by atoms with van der Waals surface area (Å²) in [6.45, 7) is 5.01. The predicted molar refractivity (Wildman–Crippen MR) is 77.7 cm³/mol. The number of aliphatic hydroxyl groups is 1. The van der Waals surface area contributed by atoms with Gasteiger partial charge in [0.1, 0.15) is 0 Å². The summed E-state index contributed by atoms with van der Waals surface area (Å²) in [5.41, 5.74) is 0. The molecule has 0 aliphatic carbocycles. The molecule has 0 aliphatic heterocycles. The number of hydrogen-bond donors (Lipinski definition) is 3. The highest BCUT2D eigenvalue weighted by molar-refractivity contribution is 7.79. The van der Waals surface area contributed by atoms with Crippen molar-refractivity contribution in [2.24, 2.45) is 5.92 Å². The normalized spacial score (nSPS) is 12.7. The van der Waals surface area contributed by atoms with Gasteiger partial charge in [-0.05, 0) is 12.3 Å². The van der Waals surface area contributed by atoms with Crippen LogP contribution in [0.5, 0.6) is 0 Å². The average molecular weight is 298 g/mol. The first-order valence-corrected chi connectivity index (χ1v) is 8.51. The van der Waals surface area contributed by atoms with E-state index in [4.69, 9.17) is 22.6 Å². The zero-order valence-electron chi connectivity index (χ0n) is 12.2. The maximum absolute atomic E-state index is 8.74. The molecule has 6 heteroatoms. The van der Waals surface area contributed by atoms with E-state index in [0.717, 1.165) is 12.3 Å². The average Bonchev–Trinajstić information content (AvgIpc) is 2.29. The second-order valence-electron chi connectivity index (χ2n) is 4.98. The number of aliphatic hydroxyl groups excluding tert-OH is 1. The van der Waals surface area contributed by atoms with Crippen molar-refractivity contribution in [2.75, 3.05) is 6.61 Å². The molecule has 1 unspecified atom stereocenters. The predicted octanol–water partition coefficient (Wildman–Crippen LogP) is 3.49. The van der Waals surface area contributed by atoms with E-state index >= 15 is 0 Å². The van der Waals surface area contributed by atoms with Gasteiger partial charge in [0.2, 0.25) is 0 Å². The summed E-state index contributed by atoms with van der Waals surface area (Å²) in [5, 5.41) is 8.61. The van der Waals surface area contributed by atoms with Crippen molar-refractivity contribution in [2.45, 2.75) is 71.6 Å². The Morgan fingerprint density at radius 2 is 1.32 bits per heavy atom. The first-order chi connectivity index (χ1) is 8.81. The quantitative estimate of drug-likeness (QED) is 0.424. The Morgan fingerprint density at radius 3 is 1.79 bits per heavy atom. The van der Waals surface area contributed by atoms with Crippen LogP contribution in [0.25, 0.3) is 0 Å². The summed E-state index contributed by atoms with van der Waals surface area (Å²) in [6.07, 6.45) is 11.8. The van der Waals surface area contributed by atoms with Gasteiger partial charge >= 0.3 is 10.4 Å². The zero-order valence-corrected chi connectivity index (χ0v) is 13.0. The Morgan fingerprint density at radius 1 is 0.895 bits per heavy atom. The SMILES string of the molecule is CCCCC(C)CCCCCCCO.O=S(=O)(O)O. The third-order valence-electron chi connectivity index (χ3n) is 2.91. The lowest BCUT2D eigenvalue weighted by Crippen LogP contribution is -1.94. The molecule has 19 heavy (non-hydrogen) atoms. The van der Waals surface area contributed by atoms with Crippen molar-refractivity contribution >= 4 is 10.4 Å². The van der Waals surface area contributed by atoms with Crippen LogP contribution in [0.4, 0.5) is 0 Å². The van der Waals surface area contributed by atoms with E-state index < -0.39 is 10.4 Å². The summed E-state index contributed by atoms with van der Waals surface area (Å²) in [6, 6.07) is 0. The summed E-state index contributed by atoms with van der Waals surface area (Å²) >= 11 is 0. The van der Waals surface area contributed by atoms with Gasteiger partial charge in [-0.25, -0.2) is 0 Å². The lowest BCUT2D eigenvalue weighted by molar-refractivity contribution is 0.282. The third kappa shape index (κ3) is 31.9. The summed E-state index contributed by atoms with van der Waals surface area (Å²) < 4.78 is 31.6. The van der Waals surface area contributed by atoms with Gasteiger partial charge in [0.05, 0.1) is 0 Å². The number of rotatable bonds is 10. The molecule has 5 nitrogen and oxygen atoms in total. The Bertz CT molecular complexity index is 256. The molecule has 0 amide bonds. The van der Waals surface area contributed by atoms with Crippen molar-refractivity contribution in [3.63, 3.8) is 0 Å². The molecule has 0 aromatic heterocycles. The van der Waals surface area contributed by atoms with Crippen LogP contribution in [0, 0.1) is 5.92 Å². The standard InChI is InChI=1S/C13H28O.H2O4S/c1-3-4-10-13(2)11-8-6-5-7-9-12-14;1-5(2,3)4/h13-14H,3-12H2,1-2H3;(H2,1,2,3,4). The van der Waals surface area contributed by atoms with E-state index in [1.165, 1.54) is 51.4 Å². The van der Waals surface area contributed by atoms with E-state index in [0.29, 0.717) is 6.61 Å². The van der Waals surface area contributed by atoms with Crippen LogP contribution in [0.2, 0.25) is 0 Å². The lowest BCUT2D eigenvalue weighted by Gasteiger charge is -2.09. The van der Waals surface area contributed by atoms with Gasteiger partial charge in [0, 0.05) is 6.61 Å². The van der Waals surface area contributed by atoms with Crippen molar-refractivity contribution in [3.05, 3.63) is 0 Å². The van der Waals surface area contributed by atoms with Crippen molar-refractivity contribution in [3.8, 4) is 0 Å². The highest BCUT2D eigenvalue weighted by Crippen LogP contribution is 2.16. The van der Waals surface area contributed by atoms with Gasteiger partial charge in [-0.15, -0.1) is 0 Å². The molecule has 0 aliphatic rings. The number of hydrogen-bond acceptors (Lipinski definition) is 3. The first kappa shape index (κ1) is 21.1. The molecule has 0 radical (unpaired) electrons. The minimum atomic E-state index is -4.67. The fourth-order valence-electron chi connectivity index (χ4n) is 1.83. The third-order valence-corrected chi connectivity index (χ3v) is 2.91. The van der Waals surface area contributed by atoms with Crippen LogP contribution in [0.3, 0.4) is 0 Å². The molecule has 0 aromatic carbocycles. The van der Waals surface area contributed by atoms with Crippen LogP contribution in [-0.2, 0) is 10.4 Å². The van der Waals surface area contributed by atoms with Crippen LogP contribution in [0.1, 0.15) is 71.6 Å². The molecule has 3 N–H and O–H groups in total. The largest absolute Gasteiger partial charge is 0.396 e. The zero-order chi connectivity index (χ0) is 15.1. The van der Waals surface area contributed by atoms with Gasteiger partial charge in [-0.1, -0.05) is 65.2 Å². The molecule has 0 aromatic rings. The van der Waals surface area contributed by atoms with Crippen molar-refractivity contribution < 1.29 is 22.6 Å². The molecule has 0 fully saturated rings. The lowest BCUT2D eigenvalue weighted by atomic mass is 9.97. The second kappa shape index (κ2) is 14.2. The smallest absolute Gasteiger partial charge is 0.394 e. The Balaban J connectivity index is 0. The second-order valence-corrected chi connectivity index (χ2v) is 5.87. The molecule has 0 saturated heterocycles. The highest BCUT2D eigenvalue weighted by atomic mass is 32.3. The molecular weight excluding hydrogens is 268 g/mol. The Labute approximate surface area is 118 Å². The summed E-state index contributed by atoms with van der Waals surface area (Å²) in [4.78, 5) is 0. The highest BCUT2D eigenvalue weighted by Gasteiger charge is 2.00. The molecular formula is C13H30O5S.